The Morgan fingerprint density at radius 3 is 2.66 bits per heavy atom. The van der Waals surface area contributed by atoms with E-state index in [1.807, 2.05) is 44.2 Å². The van der Waals surface area contributed by atoms with Crippen molar-refractivity contribution in [2.45, 2.75) is 38.4 Å². The molecule has 7 heteroatoms. The van der Waals surface area contributed by atoms with Gasteiger partial charge >= 0.3 is 0 Å². The SMILES string of the molecule is CC(C)C[C@]1(O)CCN(C(=O)c2csc(-c3ccccc3)n2)C[C@@H]1Oc1ccc(F)cc1. The second-order valence-electron chi connectivity index (χ2n) is 8.67. The van der Waals surface area contributed by atoms with Crippen LogP contribution >= 0.6 is 11.3 Å². The molecular weight excluding hydrogens is 427 g/mol. The number of likely N-dealkylation sites (tertiary alicyclic amines) is 1. The maximum atomic E-state index is 13.3. The first-order valence-electron chi connectivity index (χ1n) is 10.8. The molecule has 0 aliphatic carbocycles. The summed E-state index contributed by atoms with van der Waals surface area (Å²) >= 11 is 1.43. The first-order valence-corrected chi connectivity index (χ1v) is 11.7. The maximum absolute atomic E-state index is 13.3. The van der Waals surface area contributed by atoms with E-state index >= 15 is 0 Å². The number of amides is 1. The summed E-state index contributed by atoms with van der Waals surface area (Å²) in [7, 11) is 0. The van der Waals surface area contributed by atoms with Gasteiger partial charge in [-0.2, -0.15) is 0 Å². The topological polar surface area (TPSA) is 62.7 Å². The average molecular weight is 455 g/mol. The van der Waals surface area contributed by atoms with Gasteiger partial charge < -0.3 is 14.7 Å². The minimum Gasteiger partial charge on any atom is -0.486 e. The number of carbonyl (C=O) groups is 1. The predicted octanol–water partition coefficient (Wildman–Crippen LogP) is 5.02. The zero-order chi connectivity index (χ0) is 22.7. The van der Waals surface area contributed by atoms with Crippen LogP contribution in [0.5, 0.6) is 5.75 Å². The summed E-state index contributed by atoms with van der Waals surface area (Å²) in [5, 5.41) is 14.0. The highest BCUT2D eigenvalue weighted by molar-refractivity contribution is 7.13. The Bertz CT molecular complexity index is 1050. The number of thiazole rings is 1. The number of nitrogens with zero attached hydrogens (tertiary/aromatic N) is 2. The molecule has 1 aliphatic rings. The van der Waals surface area contributed by atoms with Crippen LogP contribution < -0.4 is 4.74 Å². The minimum atomic E-state index is -1.07. The Morgan fingerprint density at radius 2 is 1.97 bits per heavy atom. The molecule has 1 amide bonds. The molecule has 2 heterocycles. The molecule has 1 aliphatic heterocycles. The molecule has 3 aromatic rings. The Hall–Kier alpha value is -2.77. The molecule has 1 N–H and O–H groups in total. The Balaban J connectivity index is 1.53. The normalized spacial score (nSPS) is 21.0. The smallest absolute Gasteiger partial charge is 0.273 e. The van der Waals surface area contributed by atoms with Crippen molar-refractivity contribution in [1.82, 2.24) is 9.88 Å². The third-order valence-electron chi connectivity index (χ3n) is 5.69. The van der Waals surface area contributed by atoms with Gasteiger partial charge in [0, 0.05) is 17.5 Å². The minimum absolute atomic E-state index is 0.178. The molecule has 168 valence electrons. The molecule has 1 aromatic heterocycles. The summed E-state index contributed by atoms with van der Waals surface area (Å²) in [6, 6.07) is 15.5. The Labute approximate surface area is 191 Å². The van der Waals surface area contributed by atoms with Gasteiger partial charge in [-0.25, -0.2) is 9.37 Å². The van der Waals surface area contributed by atoms with Crippen molar-refractivity contribution in [3.8, 4) is 16.3 Å². The van der Waals surface area contributed by atoms with E-state index < -0.39 is 11.7 Å². The zero-order valence-corrected chi connectivity index (χ0v) is 19.0. The fraction of sp³-hybridized carbons (Fsp3) is 0.360. The van der Waals surface area contributed by atoms with E-state index in [4.69, 9.17) is 4.74 Å². The van der Waals surface area contributed by atoms with Gasteiger partial charge in [0.15, 0.2) is 0 Å². The number of aromatic nitrogens is 1. The van der Waals surface area contributed by atoms with Crippen LogP contribution in [0.3, 0.4) is 0 Å². The number of halogens is 1. The van der Waals surface area contributed by atoms with E-state index in [0.29, 0.717) is 30.8 Å². The second-order valence-corrected chi connectivity index (χ2v) is 9.53. The summed E-state index contributed by atoms with van der Waals surface area (Å²) in [4.78, 5) is 19.4. The quantitative estimate of drug-likeness (QED) is 0.568. The maximum Gasteiger partial charge on any atom is 0.273 e. The molecule has 0 spiro atoms. The zero-order valence-electron chi connectivity index (χ0n) is 18.2. The number of rotatable bonds is 6. The Kier molecular flexibility index (Phi) is 6.58. The first kappa shape index (κ1) is 22.4. The number of aliphatic hydroxyl groups is 1. The van der Waals surface area contributed by atoms with Gasteiger partial charge in [0.05, 0.1) is 6.54 Å². The molecule has 4 rings (SSSR count). The van der Waals surface area contributed by atoms with Crippen molar-refractivity contribution in [2.24, 2.45) is 5.92 Å². The lowest BCUT2D eigenvalue weighted by molar-refractivity contribution is -0.111. The summed E-state index contributed by atoms with van der Waals surface area (Å²) in [5.41, 5.74) is 0.291. The van der Waals surface area contributed by atoms with Gasteiger partial charge in [0.25, 0.3) is 5.91 Å². The predicted molar refractivity (Wildman–Crippen MR) is 123 cm³/mol. The van der Waals surface area contributed by atoms with E-state index in [0.717, 1.165) is 10.6 Å². The number of benzene rings is 2. The van der Waals surface area contributed by atoms with Crippen molar-refractivity contribution >= 4 is 17.2 Å². The number of piperidine rings is 1. The third-order valence-corrected chi connectivity index (χ3v) is 6.58. The highest BCUT2D eigenvalue weighted by Gasteiger charge is 2.45. The molecule has 0 radical (unpaired) electrons. The standard InChI is InChI=1S/C25H27FN2O3S/c1-17(2)14-25(30)12-13-28(15-22(25)31-20-10-8-19(26)9-11-20)24(29)21-16-32-23(27-21)18-6-4-3-5-7-18/h3-11,16-17,22,30H,12-15H2,1-2H3/t22-,25+/m0/s1. The Morgan fingerprint density at radius 1 is 1.25 bits per heavy atom. The van der Waals surface area contributed by atoms with Crippen LogP contribution in [0.2, 0.25) is 0 Å². The summed E-state index contributed by atoms with van der Waals surface area (Å²) in [5.74, 6) is 0.192. The van der Waals surface area contributed by atoms with E-state index in [-0.39, 0.29) is 24.2 Å². The monoisotopic (exact) mass is 454 g/mol. The average Bonchev–Trinajstić information content (AvgIpc) is 3.27. The summed E-state index contributed by atoms with van der Waals surface area (Å²) < 4.78 is 19.4. The number of carbonyl (C=O) groups excluding carboxylic acids is 1. The van der Waals surface area contributed by atoms with Gasteiger partial charge in [-0.3, -0.25) is 4.79 Å². The van der Waals surface area contributed by atoms with Crippen molar-refractivity contribution < 1.29 is 19.0 Å². The van der Waals surface area contributed by atoms with Crippen LogP contribution in [0.1, 0.15) is 37.2 Å². The molecule has 5 nitrogen and oxygen atoms in total. The van der Waals surface area contributed by atoms with Gasteiger partial charge in [-0.1, -0.05) is 44.2 Å². The van der Waals surface area contributed by atoms with Gasteiger partial charge in [0.2, 0.25) is 0 Å². The van der Waals surface area contributed by atoms with Crippen molar-refractivity contribution in [1.29, 1.82) is 0 Å². The fourth-order valence-electron chi connectivity index (χ4n) is 4.15. The van der Waals surface area contributed by atoms with Crippen molar-refractivity contribution in [3.63, 3.8) is 0 Å². The highest BCUT2D eigenvalue weighted by atomic mass is 32.1. The third kappa shape index (κ3) is 5.00. The molecule has 0 saturated carbocycles. The largest absolute Gasteiger partial charge is 0.486 e. The van der Waals surface area contributed by atoms with Crippen LogP contribution in [0.15, 0.2) is 60.0 Å². The molecule has 32 heavy (non-hydrogen) atoms. The van der Waals surface area contributed by atoms with Crippen LogP contribution in [0.25, 0.3) is 10.6 Å². The van der Waals surface area contributed by atoms with E-state index in [1.165, 1.54) is 23.5 Å². The second kappa shape index (κ2) is 9.38. The lowest BCUT2D eigenvalue weighted by atomic mass is 9.81. The van der Waals surface area contributed by atoms with Crippen molar-refractivity contribution in [2.75, 3.05) is 13.1 Å². The van der Waals surface area contributed by atoms with Gasteiger partial charge in [-0.15, -0.1) is 11.3 Å². The fourth-order valence-corrected chi connectivity index (χ4v) is 4.95. The summed E-state index contributed by atoms with van der Waals surface area (Å²) in [6.45, 7) is 4.75. The van der Waals surface area contributed by atoms with E-state index in [2.05, 4.69) is 4.98 Å². The first-order chi connectivity index (χ1) is 15.3. The number of ether oxygens (including phenoxy) is 1. The van der Waals surface area contributed by atoms with Crippen molar-refractivity contribution in [3.05, 3.63) is 71.5 Å². The molecule has 1 fully saturated rings. The lowest BCUT2D eigenvalue weighted by Gasteiger charge is -2.45. The van der Waals surface area contributed by atoms with Crippen LogP contribution in [0, 0.1) is 11.7 Å². The van der Waals surface area contributed by atoms with Crippen LogP contribution in [0.4, 0.5) is 4.39 Å². The number of hydrogen-bond donors (Lipinski definition) is 1. The van der Waals surface area contributed by atoms with E-state index in [9.17, 15) is 14.3 Å². The van der Waals surface area contributed by atoms with Gasteiger partial charge in [0.1, 0.15) is 34.0 Å². The van der Waals surface area contributed by atoms with E-state index in [1.54, 1.807) is 22.4 Å². The van der Waals surface area contributed by atoms with Crippen LogP contribution in [-0.4, -0.2) is 45.7 Å². The molecule has 0 bridgehead atoms. The molecular formula is C25H27FN2O3S. The van der Waals surface area contributed by atoms with Crippen LogP contribution in [-0.2, 0) is 0 Å². The summed E-state index contributed by atoms with van der Waals surface area (Å²) in [6.07, 6.45) is 0.328. The molecule has 0 unspecified atom stereocenters. The number of hydrogen-bond acceptors (Lipinski definition) is 5. The lowest BCUT2D eigenvalue weighted by Crippen LogP contribution is -2.59. The van der Waals surface area contributed by atoms with Gasteiger partial charge in [-0.05, 0) is 43.0 Å². The molecule has 1 saturated heterocycles. The highest BCUT2D eigenvalue weighted by Crippen LogP contribution is 2.33. The molecule has 2 aromatic carbocycles. The molecule has 2 atom stereocenters.